The lowest BCUT2D eigenvalue weighted by Crippen LogP contribution is -2.47. The quantitative estimate of drug-likeness (QED) is 0.917. The average molecular weight is 272 g/mol. The minimum absolute atomic E-state index is 0.0294. The Balaban J connectivity index is 1.72. The molecule has 0 saturated carbocycles. The Morgan fingerprint density at radius 2 is 2.05 bits per heavy atom. The number of hydrogen-bond donors (Lipinski definition) is 1. The van der Waals surface area contributed by atoms with E-state index in [9.17, 15) is 4.79 Å². The van der Waals surface area contributed by atoms with Crippen molar-refractivity contribution in [3.8, 4) is 0 Å². The van der Waals surface area contributed by atoms with Gasteiger partial charge in [-0.1, -0.05) is 30.3 Å². The molecule has 1 aromatic rings. The van der Waals surface area contributed by atoms with E-state index < -0.39 is 0 Å². The van der Waals surface area contributed by atoms with E-state index in [1.807, 2.05) is 25.1 Å². The Morgan fingerprint density at radius 3 is 2.75 bits per heavy atom. The summed E-state index contributed by atoms with van der Waals surface area (Å²) in [6.07, 6.45) is 4.77. The number of likely N-dealkylation sites (tertiary alicyclic amines) is 1. The van der Waals surface area contributed by atoms with Crippen LogP contribution in [-0.4, -0.2) is 36.0 Å². The highest BCUT2D eigenvalue weighted by atomic mass is 16.2. The molecule has 0 spiro atoms. The Labute approximate surface area is 121 Å². The van der Waals surface area contributed by atoms with Crippen LogP contribution in [0.4, 0.5) is 0 Å². The molecule has 3 unspecified atom stereocenters. The summed E-state index contributed by atoms with van der Waals surface area (Å²) in [5.41, 5.74) is 1.13. The Hall–Kier alpha value is -1.35. The minimum atomic E-state index is -0.0294. The van der Waals surface area contributed by atoms with Crippen LogP contribution in [0.5, 0.6) is 0 Å². The van der Waals surface area contributed by atoms with Gasteiger partial charge in [0.1, 0.15) is 0 Å². The summed E-state index contributed by atoms with van der Waals surface area (Å²) in [6.45, 7) is 4.07. The second kappa shape index (κ2) is 5.96. The van der Waals surface area contributed by atoms with E-state index in [0.717, 1.165) is 31.5 Å². The Morgan fingerprint density at radius 1 is 1.25 bits per heavy atom. The molecule has 2 aliphatic rings. The van der Waals surface area contributed by atoms with Crippen LogP contribution in [0, 0.1) is 0 Å². The first-order valence-electron chi connectivity index (χ1n) is 7.86. The second-order valence-corrected chi connectivity index (χ2v) is 6.08. The van der Waals surface area contributed by atoms with Gasteiger partial charge in [0, 0.05) is 18.6 Å². The third-order valence-electron chi connectivity index (χ3n) is 4.82. The number of amides is 1. The van der Waals surface area contributed by atoms with Crippen LogP contribution >= 0.6 is 0 Å². The van der Waals surface area contributed by atoms with Crippen molar-refractivity contribution in [2.45, 2.75) is 50.6 Å². The standard InChI is InChI=1S/C17H24N2O/c1-13(14-7-3-2-4-8-14)17(20)19-12-6-10-16(19)15-9-5-11-18-15/h2-4,7-8,13,15-16,18H,5-6,9-12H2,1H3. The third kappa shape index (κ3) is 2.59. The lowest BCUT2D eigenvalue weighted by Gasteiger charge is -2.31. The third-order valence-corrected chi connectivity index (χ3v) is 4.82. The van der Waals surface area contributed by atoms with Crippen molar-refractivity contribution in [1.82, 2.24) is 10.2 Å². The zero-order chi connectivity index (χ0) is 13.9. The van der Waals surface area contributed by atoms with Crippen molar-refractivity contribution in [2.24, 2.45) is 0 Å². The van der Waals surface area contributed by atoms with Crippen LogP contribution in [-0.2, 0) is 4.79 Å². The Kier molecular flexibility index (Phi) is 4.06. The summed E-state index contributed by atoms with van der Waals surface area (Å²) >= 11 is 0. The fourth-order valence-electron chi connectivity index (χ4n) is 3.66. The van der Waals surface area contributed by atoms with Gasteiger partial charge >= 0.3 is 0 Å². The fraction of sp³-hybridized carbons (Fsp3) is 0.588. The predicted molar refractivity (Wildman–Crippen MR) is 80.6 cm³/mol. The number of nitrogens with zero attached hydrogens (tertiary/aromatic N) is 1. The lowest BCUT2D eigenvalue weighted by atomic mass is 9.98. The molecule has 3 nitrogen and oxygen atoms in total. The van der Waals surface area contributed by atoms with Crippen LogP contribution in [0.3, 0.4) is 0 Å². The number of carbonyl (C=O) groups excluding carboxylic acids is 1. The van der Waals surface area contributed by atoms with E-state index in [0.29, 0.717) is 18.0 Å². The van der Waals surface area contributed by atoms with Crippen molar-refractivity contribution in [3.05, 3.63) is 35.9 Å². The summed E-state index contributed by atoms with van der Waals surface area (Å²) in [5, 5.41) is 3.57. The van der Waals surface area contributed by atoms with Crippen molar-refractivity contribution in [1.29, 1.82) is 0 Å². The molecule has 2 heterocycles. The van der Waals surface area contributed by atoms with Gasteiger partial charge in [0.2, 0.25) is 5.91 Å². The van der Waals surface area contributed by atoms with Crippen LogP contribution in [0.25, 0.3) is 0 Å². The zero-order valence-electron chi connectivity index (χ0n) is 12.2. The monoisotopic (exact) mass is 272 g/mol. The molecule has 0 bridgehead atoms. The highest BCUT2D eigenvalue weighted by Crippen LogP contribution is 2.28. The topological polar surface area (TPSA) is 32.3 Å². The smallest absolute Gasteiger partial charge is 0.230 e. The van der Waals surface area contributed by atoms with Crippen molar-refractivity contribution in [2.75, 3.05) is 13.1 Å². The Bertz CT molecular complexity index is 453. The molecule has 3 heteroatoms. The number of hydrogen-bond acceptors (Lipinski definition) is 2. The van der Waals surface area contributed by atoms with Gasteiger partial charge in [-0.2, -0.15) is 0 Å². The largest absolute Gasteiger partial charge is 0.338 e. The van der Waals surface area contributed by atoms with Gasteiger partial charge < -0.3 is 10.2 Å². The summed E-state index contributed by atoms with van der Waals surface area (Å²) in [4.78, 5) is 15.0. The van der Waals surface area contributed by atoms with Gasteiger partial charge in [-0.05, 0) is 44.7 Å². The molecule has 20 heavy (non-hydrogen) atoms. The lowest BCUT2D eigenvalue weighted by molar-refractivity contribution is -0.133. The molecule has 1 amide bonds. The van der Waals surface area contributed by atoms with Crippen LogP contribution in [0.15, 0.2) is 30.3 Å². The molecule has 2 aliphatic heterocycles. The summed E-state index contributed by atoms with van der Waals surface area (Å²) in [6, 6.07) is 11.1. The summed E-state index contributed by atoms with van der Waals surface area (Å²) < 4.78 is 0. The van der Waals surface area contributed by atoms with E-state index in [4.69, 9.17) is 0 Å². The number of carbonyl (C=O) groups is 1. The molecule has 1 N–H and O–H groups in total. The molecule has 2 fully saturated rings. The van der Waals surface area contributed by atoms with Gasteiger partial charge in [0.05, 0.1) is 5.92 Å². The van der Waals surface area contributed by atoms with Crippen LogP contribution < -0.4 is 5.32 Å². The minimum Gasteiger partial charge on any atom is -0.338 e. The molecule has 3 rings (SSSR count). The molecule has 2 saturated heterocycles. The predicted octanol–water partition coefficient (Wildman–Crippen LogP) is 2.53. The molecule has 3 atom stereocenters. The fourth-order valence-corrected chi connectivity index (χ4v) is 3.66. The van der Waals surface area contributed by atoms with E-state index in [1.165, 1.54) is 12.8 Å². The number of benzene rings is 1. The molecular formula is C17H24N2O. The summed E-state index contributed by atoms with van der Waals surface area (Å²) in [7, 11) is 0. The highest BCUT2D eigenvalue weighted by molar-refractivity contribution is 5.84. The maximum atomic E-state index is 12.8. The van der Waals surface area contributed by atoms with Crippen molar-refractivity contribution in [3.63, 3.8) is 0 Å². The van der Waals surface area contributed by atoms with Crippen molar-refractivity contribution < 1.29 is 4.79 Å². The molecule has 0 aromatic heterocycles. The maximum Gasteiger partial charge on any atom is 0.230 e. The first kappa shape index (κ1) is 13.6. The van der Waals surface area contributed by atoms with Gasteiger partial charge in [0.25, 0.3) is 0 Å². The van der Waals surface area contributed by atoms with Gasteiger partial charge in [0.15, 0.2) is 0 Å². The second-order valence-electron chi connectivity index (χ2n) is 6.08. The molecule has 0 aliphatic carbocycles. The van der Waals surface area contributed by atoms with Gasteiger partial charge in [-0.15, -0.1) is 0 Å². The molecular weight excluding hydrogens is 248 g/mol. The normalized spacial score (nSPS) is 27.8. The zero-order valence-corrected chi connectivity index (χ0v) is 12.2. The number of nitrogens with one attached hydrogen (secondary N) is 1. The SMILES string of the molecule is CC(C(=O)N1CCCC1C1CCCN1)c1ccccc1. The van der Waals surface area contributed by atoms with E-state index in [-0.39, 0.29) is 5.92 Å². The first-order chi connectivity index (χ1) is 9.77. The number of rotatable bonds is 3. The highest BCUT2D eigenvalue weighted by Gasteiger charge is 2.37. The molecule has 108 valence electrons. The first-order valence-corrected chi connectivity index (χ1v) is 7.86. The van der Waals surface area contributed by atoms with Gasteiger partial charge in [-0.25, -0.2) is 0 Å². The van der Waals surface area contributed by atoms with Crippen LogP contribution in [0.2, 0.25) is 0 Å². The molecule has 1 aromatic carbocycles. The van der Waals surface area contributed by atoms with Gasteiger partial charge in [-0.3, -0.25) is 4.79 Å². The van der Waals surface area contributed by atoms with E-state index >= 15 is 0 Å². The molecule has 0 radical (unpaired) electrons. The maximum absolute atomic E-state index is 12.8. The van der Waals surface area contributed by atoms with Crippen LogP contribution in [0.1, 0.15) is 44.1 Å². The summed E-state index contributed by atoms with van der Waals surface area (Å²) in [5.74, 6) is 0.269. The van der Waals surface area contributed by atoms with E-state index in [2.05, 4.69) is 22.3 Å². The van der Waals surface area contributed by atoms with E-state index in [1.54, 1.807) is 0 Å². The van der Waals surface area contributed by atoms with Crippen molar-refractivity contribution >= 4 is 5.91 Å². The average Bonchev–Trinajstić information content (AvgIpc) is 3.16.